The zero-order chi connectivity index (χ0) is 14.7. The number of amides is 1. The minimum atomic E-state index is -0.0490. The fourth-order valence-electron chi connectivity index (χ4n) is 1.93. The summed E-state index contributed by atoms with van der Waals surface area (Å²) in [5, 5.41) is 2.95. The molecule has 20 heavy (non-hydrogen) atoms. The van der Waals surface area contributed by atoms with E-state index in [1.165, 1.54) is 4.88 Å². The van der Waals surface area contributed by atoms with Crippen LogP contribution in [-0.2, 0) is 6.42 Å². The molecule has 1 amide bonds. The predicted octanol–water partition coefficient (Wildman–Crippen LogP) is 4.52. The number of thiophene rings is 1. The third kappa shape index (κ3) is 3.87. The van der Waals surface area contributed by atoms with Crippen molar-refractivity contribution in [1.82, 2.24) is 9.88 Å². The summed E-state index contributed by atoms with van der Waals surface area (Å²) < 4.78 is 3.66. The average molecular weight is 376 g/mol. The number of rotatable bonds is 5. The lowest BCUT2D eigenvalue weighted by Gasteiger charge is -2.12. The number of nitrogens with one attached hydrogen (secondary N) is 1. The van der Waals surface area contributed by atoms with Gasteiger partial charge in [-0.1, -0.05) is 11.6 Å². The highest BCUT2D eigenvalue weighted by molar-refractivity contribution is 9.10. The van der Waals surface area contributed by atoms with Crippen LogP contribution in [0, 0.1) is 0 Å². The fraction of sp³-hybridized carbons (Fsp3) is 0.357. The lowest BCUT2D eigenvalue weighted by Crippen LogP contribution is -2.28. The van der Waals surface area contributed by atoms with E-state index in [1.807, 2.05) is 29.0 Å². The van der Waals surface area contributed by atoms with Crippen molar-refractivity contribution in [3.63, 3.8) is 0 Å². The molecular weight excluding hydrogens is 360 g/mol. The van der Waals surface area contributed by atoms with Gasteiger partial charge in [-0.2, -0.15) is 0 Å². The Labute approximate surface area is 136 Å². The molecule has 0 aliphatic heterocycles. The Balaban J connectivity index is 1.95. The van der Waals surface area contributed by atoms with E-state index in [0.29, 0.717) is 12.2 Å². The lowest BCUT2D eigenvalue weighted by atomic mass is 10.3. The molecule has 2 rings (SSSR count). The van der Waals surface area contributed by atoms with Gasteiger partial charge in [-0.3, -0.25) is 4.79 Å². The van der Waals surface area contributed by atoms with Gasteiger partial charge in [0.15, 0.2) is 0 Å². The summed E-state index contributed by atoms with van der Waals surface area (Å²) in [6, 6.07) is 5.96. The maximum atomic E-state index is 12.2. The zero-order valence-corrected chi connectivity index (χ0v) is 14.5. The van der Waals surface area contributed by atoms with Crippen molar-refractivity contribution < 1.29 is 4.79 Å². The van der Waals surface area contributed by atoms with Gasteiger partial charge in [0, 0.05) is 28.1 Å². The predicted molar refractivity (Wildman–Crippen MR) is 87.9 cm³/mol. The number of hydrogen-bond donors (Lipinski definition) is 1. The summed E-state index contributed by atoms with van der Waals surface area (Å²) >= 11 is 10.8. The normalized spacial score (nSPS) is 11.1. The highest BCUT2D eigenvalue weighted by Gasteiger charge is 2.14. The summed E-state index contributed by atoms with van der Waals surface area (Å²) in [6.45, 7) is 4.71. The van der Waals surface area contributed by atoms with Gasteiger partial charge in [0.1, 0.15) is 5.69 Å². The van der Waals surface area contributed by atoms with Crippen LogP contribution in [0.3, 0.4) is 0 Å². The minimum Gasteiger partial charge on any atom is -0.350 e. The molecule has 0 aliphatic rings. The molecule has 0 saturated heterocycles. The number of hydrogen-bond acceptors (Lipinski definition) is 2. The third-order valence-electron chi connectivity index (χ3n) is 2.89. The zero-order valence-electron chi connectivity index (χ0n) is 11.3. The van der Waals surface area contributed by atoms with Crippen LogP contribution in [0.15, 0.2) is 28.9 Å². The van der Waals surface area contributed by atoms with Crippen LogP contribution in [0.1, 0.15) is 35.3 Å². The quantitative estimate of drug-likeness (QED) is 0.819. The van der Waals surface area contributed by atoms with E-state index in [2.05, 4.69) is 35.1 Å². The maximum absolute atomic E-state index is 12.2. The van der Waals surface area contributed by atoms with Gasteiger partial charge in [0.2, 0.25) is 0 Å². The van der Waals surface area contributed by atoms with Gasteiger partial charge in [-0.15, -0.1) is 11.3 Å². The first-order chi connectivity index (χ1) is 9.47. The highest BCUT2D eigenvalue weighted by Crippen LogP contribution is 2.22. The number of halogens is 2. The number of carbonyl (C=O) groups excluding carboxylic acids is 1. The van der Waals surface area contributed by atoms with Crippen LogP contribution >= 0.6 is 38.9 Å². The Bertz CT molecular complexity index is 606. The SMILES string of the molecule is CC(C)n1cc(Br)cc1C(=O)NCCc1ccc(Cl)s1. The summed E-state index contributed by atoms with van der Waals surface area (Å²) in [5.41, 5.74) is 0.677. The monoisotopic (exact) mass is 374 g/mol. The molecule has 3 nitrogen and oxygen atoms in total. The Morgan fingerprint density at radius 1 is 1.50 bits per heavy atom. The molecule has 0 bridgehead atoms. The van der Waals surface area contributed by atoms with E-state index < -0.39 is 0 Å². The van der Waals surface area contributed by atoms with Crippen LogP contribution < -0.4 is 5.32 Å². The Kier molecular flexibility index (Phi) is 5.29. The molecule has 2 aromatic heterocycles. The molecule has 1 N–H and O–H groups in total. The second-order valence-electron chi connectivity index (χ2n) is 4.76. The van der Waals surface area contributed by atoms with Crippen molar-refractivity contribution in [1.29, 1.82) is 0 Å². The van der Waals surface area contributed by atoms with Gasteiger partial charge < -0.3 is 9.88 Å². The van der Waals surface area contributed by atoms with E-state index in [0.717, 1.165) is 15.2 Å². The van der Waals surface area contributed by atoms with Crippen LogP contribution in [0.4, 0.5) is 0 Å². The molecule has 2 aromatic rings. The first-order valence-corrected chi connectivity index (χ1v) is 8.36. The Morgan fingerprint density at radius 3 is 2.85 bits per heavy atom. The molecule has 0 atom stereocenters. The van der Waals surface area contributed by atoms with E-state index in [-0.39, 0.29) is 11.9 Å². The van der Waals surface area contributed by atoms with Gasteiger partial charge in [0.25, 0.3) is 5.91 Å². The number of nitrogens with zero attached hydrogens (tertiary/aromatic N) is 1. The molecule has 0 spiro atoms. The molecular formula is C14H16BrClN2OS. The van der Waals surface area contributed by atoms with Crippen LogP contribution in [0.5, 0.6) is 0 Å². The minimum absolute atomic E-state index is 0.0490. The lowest BCUT2D eigenvalue weighted by molar-refractivity contribution is 0.0943. The molecule has 0 aliphatic carbocycles. The number of aromatic nitrogens is 1. The van der Waals surface area contributed by atoms with E-state index in [1.54, 1.807) is 11.3 Å². The first kappa shape index (κ1) is 15.6. The van der Waals surface area contributed by atoms with Crippen molar-refractivity contribution in [2.75, 3.05) is 6.54 Å². The molecule has 0 fully saturated rings. The van der Waals surface area contributed by atoms with Crippen molar-refractivity contribution >= 4 is 44.8 Å². The largest absolute Gasteiger partial charge is 0.350 e. The maximum Gasteiger partial charge on any atom is 0.267 e. The van der Waals surface area contributed by atoms with Crippen LogP contribution in [-0.4, -0.2) is 17.0 Å². The fourth-order valence-corrected chi connectivity index (χ4v) is 3.46. The van der Waals surface area contributed by atoms with Gasteiger partial charge in [-0.05, 0) is 54.4 Å². The van der Waals surface area contributed by atoms with E-state index in [9.17, 15) is 4.79 Å². The van der Waals surface area contributed by atoms with Crippen molar-refractivity contribution in [2.45, 2.75) is 26.3 Å². The van der Waals surface area contributed by atoms with Gasteiger partial charge >= 0.3 is 0 Å². The standard InChI is InChI=1S/C14H16BrClN2OS/c1-9(2)18-8-10(15)7-12(18)14(19)17-6-5-11-3-4-13(16)20-11/h3-4,7-9H,5-6H2,1-2H3,(H,17,19). The van der Waals surface area contributed by atoms with Crippen molar-refractivity contribution in [3.05, 3.63) is 43.8 Å². The second kappa shape index (κ2) is 6.78. The van der Waals surface area contributed by atoms with Crippen LogP contribution in [0.25, 0.3) is 0 Å². The van der Waals surface area contributed by atoms with E-state index in [4.69, 9.17) is 11.6 Å². The van der Waals surface area contributed by atoms with Gasteiger partial charge in [-0.25, -0.2) is 0 Å². The molecule has 108 valence electrons. The van der Waals surface area contributed by atoms with Gasteiger partial charge in [0.05, 0.1) is 4.34 Å². The second-order valence-corrected chi connectivity index (χ2v) is 7.47. The van der Waals surface area contributed by atoms with Crippen molar-refractivity contribution in [3.8, 4) is 0 Å². The first-order valence-electron chi connectivity index (χ1n) is 6.37. The summed E-state index contributed by atoms with van der Waals surface area (Å²) in [6.07, 6.45) is 2.73. The topological polar surface area (TPSA) is 34.0 Å². The molecule has 0 saturated carbocycles. The third-order valence-corrected chi connectivity index (χ3v) is 4.61. The highest BCUT2D eigenvalue weighted by atomic mass is 79.9. The molecule has 2 heterocycles. The Hall–Kier alpha value is -0.780. The van der Waals surface area contributed by atoms with Crippen LogP contribution in [0.2, 0.25) is 4.34 Å². The van der Waals surface area contributed by atoms with E-state index >= 15 is 0 Å². The molecule has 0 aromatic carbocycles. The summed E-state index contributed by atoms with van der Waals surface area (Å²) in [4.78, 5) is 13.4. The molecule has 6 heteroatoms. The summed E-state index contributed by atoms with van der Waals surface area (Å²) in [7, 11) is 0. The summed E-state index contributed by atoms with van der Waals surface area (Å²) in [5.74, 6) is -0.0490. The number of carbonyl (C=O) groups is 1. The molecule has 0 unspecified atom stereocenters. The molecule has 0 radical (unpaired) electrons. The van der Waals surface area contributed by atoms with Crippen molar-refractivity contribution in [2.24, 2.45) is 0 Å². The average Bonchev–Trinajstić information content (AvgIpc) is 2.95. The smallest absolute Gasteiger partial charge is 0.267 e. The Morgan fingerprint density at radius 2 is 2.25 bits per heavy atom.